The molecule has 2 aliphatic carbocycles. The van der Waals surface area contributed by atoms with Crippen molar-refractivity contribution < 1.29 is 4.74 Å². The molecule has 0 aromatic carbocycles. The summed E-state index contributed by atoms with van der Waals surface area (Å²) in [5.74, 6) is 3.73. The Balaban J connectivity index is 1.85. The van der Waals surface area contributed by atoms with E-state index in [-0.39, 0.29) is 0 Å². The molecule has 3 unspecified atom stereocenters. The predicted molar refractivity (Wildman–Crippen MR) is 84.4 cm³/mol. The van der Waals surface area contributed by atoms with Crippen molar-refractivity contribution in [2.24, 2.45) is 17.8 Å². The van der Waals surface area contributed by atoms with E-state index in [1.165, 1.54) is 31.4 Å². The van der Waals surface area contributed by atoms with Crippen LogP contribution in [-0.2, 0) is 6.54 Å². The molecule has 0 amide bonds. The van der Waals surface area contributed by atoms with E-state index >= 15 is 0 Å². The summed E-state index contributed by atoms with van der Waals surface area (Å²) in [6.07, 6.45) is 8.40. The number of hydrogen-bond donors (Lipinski definition) is 1. The quantitative estimate of drug-likeness (QED) is 0.798. The summed E-state index contributed by atoms with van der Waals surface area (Å²) < 4.78 is 7.77. The molecule has 1 N–H and O–H groups in total. The van der Waals surface area contributed by atoms with Crippen molar-refractivity contribution in [3.8, 4) is 5.75 Å². The van der Waals surface area contributed by atoms with Gasteiger partial charge in [-0.1, -0.05) is 13.8 Å². The van der Waals surface area contributed by atoms with Gasteiger partial charge in [0.1, 0.15) is 0 Å². The largest absolute Gasteiger partial charge is 0.493 e. The number of aromatic nitrogens is 2. The summed E-state index contributed by atoms with van der Waals surface area (Å²) in [5.41, 5.74) is 1.28. The van der Waals surface area contributed by atoms with Crippen molar-refractivity contribution in [3.63, 3.8) is 0 Å². The van der Waals surface area contributed by atoms with Crippen LogP contribution in [0.3, 0.4) is 0 Å². The molecule has 1 aromatic heterocycles. The number of fused-ring (bicyclic) bond motifs is 1. The molecule has 0 aliphatic heterocycles. The van der Waals surface area contributed by atoms with Crippen LogP contribution in [0.4, 0.5) is 0 Å². The van der Waals surface area contributed by atoms with Crippen molar-refractivity contribution in [1.29, 1.82) is 0 Å². The average molecular weight is 291 g/mol. The van der Waals surface area contributed by atoms with Gasteiger partial charge in [0.2, 0.25) is 0 Å². The van der Waals surface area contributed by atoms with E-state index in [9.17, 15) is 0 Å². The van der Waals surface area contributed by atoms with E-state index in [2.05, 4.69) is 28.9 Å². The lowest BCUT2D eigenvalue weighted by atomic mass is 9.91. The van der Waals surface area contributed by atoms with E-state index in [4.69, 9.17) is 4.74 Å². The highest BCUT2D eigenvalue weighted by molar-refractivity contribution is 5.29. The first-order valence-corrected chi connectivity index (χ1v) is 8.61. The zero-order valence-corrected chi connectivity index (χ0v) is 13.6. The van der Waals surface area contributed by atoms with Crippen LogP contribution >= 0.6 is 0 Å². The molecule has 118 valence electrons. The van der Waals surface area contributed by atoms with Gasteiger partial charge < -0.3 is 10.1 Å². The molecular weight excluding hydrogens is 262 g/mol. The number of aryl methyl sites for hydroxylation is 1. The second kappa shape index (κ2) is 6.39. The smallest absolute Gasteiger partial charge is 0.161 e. The molecule has 3 rings (SSSR count). The number of nitrogens with zero attached hydrogens (tertiary/aromatic N) is 2. The summed E-state index contributed by atoms with van der Waals surface area (Å²) in [6, 6.07) is 0.404. The van der Waals surface area contributed by atoms with E-state index in [1.807, 2.05) is 6.20 Å². The van der Waals surface area contributed by atoms with Crippen molar-refractivity contribution >= 4 is 0 Å². The maximum absolute atomic E-state index is 5.61. The Morgan fingerprint density at radius 3 is 2.67 bits per heavy atom. The number of ether oxygens (including phenoxy) is 1. The highest BCUT2D eigenvalue weighted by atomic mass is 16.5. The fourth-order valence-electron chi connectivity index (χ4n) is 4.06. The minimum Gasteiger partial charge on any atom is -0.493 e. The minimum absolute atomic E-state index is 0.404. The van der Waals surface area contributed by atoms with Crippen molar-refractivity contribution in [2.75, 3.05) is 13.7 Å². The third-order valence-electron chi connectivity index (χ3n) is 5.16. The fraction of sp³-hybridized carbons (Fsp3) is 0.824. The SMILES string of the molecule is CCCNC(c1c(OC)cnn1CCC)C1CC2CC2C1. The molecule has 0 bridgehead atoms. The van der Waals surface area contributed by atoms with Gasteiger partial charge in [0.05, 0.1) is 25.0 Å². The molecule has 4 nitrogen and oxygen atoms in total. The maximum Gasteiger partial charge on any atom is 0.161 e. The van der Waals surface area contributed by atoms with Gasteiger partial charge in [0.15, 0.2) is 5.75 Å². The van der Waals surface area contributed by atoms with Crippen LogP contribution < -0.4 is 10.1 Å². The molecule has 2 saturated carbocycles. The van der Waals surface area contributed by atoms with Gasteiger partial charge in [-0.15, -0.1) is 0 Å². The van der Waals surface area contributed by atoms with Crippen LogP contribution in [0, 0.1) is 17.8 Å². The Bertz CT molecular complexity index is 461. The molecule has 21 heavy (non-hydrogen) atoms. The van der Waals surface area contributed by atoms with Crippen molar-refractivity contribution in [1.82, 2.24) is 15.1 Å². The van der Waals surface area contributed by atoms with E-state index in [0.29, 0.717) is 6.04 Å². The summed E-state index contributed by atoms with van der Waals surface area (Å²) in [5, 5.41) is 8.35. The normalized spacial score (nSPS) is 28.4. The number of methoxy groups -OCH3 is 1. The Labute approximate surface area is 128 Å². The standard InChI is InChI=1S/C17H29N3O/c1-4-6-18-16(14-9-12-8-13(12)10-14)17-15(21-3)11-19-20(17)7-5-2/h11-14,16,18H,4-10H2,1-3H3. The number of rotatable bonds is 8. The summed E-state index contributed by atoms with van der Waals surface area (Å²) in [4.78, 5) is 0. The molecular formula is C17H29N3O. The third kappa shape index (κ3) is 2.96. The minimum atomic E-state index is 0.404. The van der Waals surface area contributed by atoms with Crippen LogP contribution in [0.5, 0.6) is 5.75 Å². The zero-order valence-electron chi connectivity index (χ0n) is 13.6. The van der Waals surface area contributed by atoms with Crippen LogP contribution in [-0.4, -0.2) is 23.4 Å². The maximum atomic E-state index is 5.61. The second-order valence-electron chi connectivity index (χ2n) is 6.74. The fourth-order valence-corrected chi connectivity index (χ4v) is 4.06. The highest BCUT2D eigenvalue weighted by Gasteiger charge is 2.48. The van der Waals surface area contributed by atoms with E-state index < -0.39 is 0 Å². The summed E-state index contributed by atoms with van der Waals surface area (Å²) in [7, 11) is 1.76. The summed E-state index contributed by atoms with van der Waals surface area (Å²) in [6.45, 7) is 6.48. The third-order valence-corrected chi connectivity index (χ3v) is 5.16. The van der Waals surface area contributed by atoms with Gasteiger partial charge in [-0.3, -0.25) is 4.68 Å². The lowest BCUT2D eigenvalue weighted by Crippen LogP contribution is -2.31. The lowest BCUT2D eigenvalue weighted by Gasteiger charge is -2.27. The number of nitrogens with one attached hydrogen (secondary N) is 1. The van der Waals surface area contributed by atoms with Crippen LogP contribution in [0.2, 0.25) is 0 Å². The molecule has 0 saturated heterocycles. The molecule has 1 heterocycles. The van der Waals surface area contributed by atoms with Crippen LogP contribution in [0.1, 0.15) is 57.7 Å². The first-order chi connectivity index (χ1) is 10.3. The Kier molecular flexibility index (Phi) is 4.53. The molecule has 4 heteroatoms. The lowest BCUT2D eigenvalue weighted by molar-refractivity contribution is 0.308. The first kappa shape index (κ1) is 14.9. The molecule has 3 atom stereocenters. The highest BCUT2D eigenvalue weighted by Crippen LogP contribution is 2.57. The molecule has 2 aliphatic rings. The average Bonchev–Trinajstić information content (AvgIpc) is 2.93. The number of hydrogen-bond acceptors (Lipinski definition) is 3. The monoisotopic (exact) mass is 291 g/mol. The van der Waals surface area contributed by atoms with Gasteiger partial charge in [0.25, 0.3) is 0 Å². The van der Waals surface area contributed by atoms with Gasteiger partial charge in [0, 0.05) is 6.54 Å². The Morgan fingerprint density at radius 1 is 1.29 bits per heavy atom. The molecule has 0 radical (unpaired) electrons. The Hall–Kier alpha value is -1.03. The van der Waals surface area contributed by atoms with E-state index in [1.54, 1.807) is 7.11 Å². The van der Waals surface area contributed by atoms with Crippen molar-refractivity contribution in [3.05, 3.63) is 11.9 Å². The van der Waals surface area contributed by atoms with Crippen molar-refractivity contribution in [2.45, 2.75) is 58.5 Å². The summed E-state index contributed by atoms with van der Waals surface area (Å²) >= 11 is 0. The molecule has 1 aromatic rings. The topological polar surface area (TPSA) is 39.1 Å². The van der Waals surface area contributed by atoms with Gasteiger partial charge in [-0.05, 0) is 56.4 Å². The predicted octanol–water partition coefficient (Wildman–Crippen LogP) is 3.39. The van der Waals surface area contributed by atoms with Gasteiger partial charge >= 0.3 is 0 Å². The Morgan fingerprint density at radius 2 is 2.05 bits per heavy atom. The van der Waals surface area contributed by atoms with Crippen LogP contribution in [0.15, 0.2) is 6.20 Å². The van der Waals surface area contributed by atoms with Crippen LogP contribution in [0.25, 0.3) is 0 Å². The van der Waals surface area contributed by atoms with Gasteiger partial charge in [-0.2, -0.15) is 5.10 Å². The first-order valence-electron chi connectivity index (χ1n) is 8.61. The van der Waals surface area contributed by atoms with E-state index in [0.717, 1.165) is 43.0 Å². The second-order valence-corrected chi connectivity index (χ2v) is 6.74. The molecule has 2 fully saturated rings. The van der Waals surface area contributed by atoms with Gasteiger partial charge in [-0.25, -0.2) is 0 Å². The molecule has 0 spiro atoms. The zero-order chi connectivity index (χ0) is 14.8.